The van der Waals surface area contributed by atoms with Crippen molar-refractivity contribution in [3.8, 4) is 22.3 Å². The van der Waals surface area contributed by atoms with Crippen LogP contribution in [0.2, 0.25) is 0 Å². The standard InChI is InChI=1S/C79H55N3/c80-76(56-30-12-3-13-31-56)75(55-28-10-2-11-29-55)77-65-47-44-62(50-57(65)51-74(81-77)54-26-8-1-9-27-54)82(63-45-48-68-66-40-22-24-42-70(66)78(72(68)52-63,58-32-14-4-15-33-58)59-34-16-5-17-35-59)64-46-49-69-67-41-23-25-43-71(67)79(73(69)53-64,60-36-18-6-19-37-60)61-38-20-7-21-39-61/h1-53,80-81H/b77-75-,80-76?. The van der Waals surface area contributed by atoms with Gasteiger partial charge < -0.3 is 10.2 Å². The summed E-state index contributed by atoms with van der Waals surface area (Å²) >= 11 is 0. The third kappa shape index (κ3) is 7.62. The van der Waals surface area contributed by atoms with Crippen molar-refractivity contribution in [2.24, 2.45) is 0 Å². The van der Waals surface area contributed by atoms with Gasteiger partial charge in [-0.05, 0) is 126 Å². The highest BCUT2D eigenvalue weighted by atomic mass is 15.1. The highest BCUT2D eigenvalue weighted by Gasteiger charge is 2.48. The molecule has 2 N–H and O–H groups in total. The monoisotopic (exact) mass is 1050 g/mol. The molecule has 1 aliphatic heterocycles. The van der Waals surface area contributed by atoms with Gasteiger partial charge in [0.1, 0.15) is 0 Å². The second-order valence-electron chi connectivity index (χ2n) is 21.5. The van der Waals surface area contributed by atoms with Gasteiger partial charge in [-0.25, -0.2) is 0 Å². The molecule has 3 nitrogen and oxygen atoms in total. The SMILES string of the molecule is N=C(/C(=C1\NC(c2ccccc2)=Cc2cc(N(c3ccc4c(c3)C(c3ccccc3)(c3ccccc3)c3ccccc3-4)c3ccc4c(c3)C(c3ccccc3)(c3ccccc3)c3ccccc3-4)ccc21)c1ccccc1)c1ccccc1. The first-order valence-electron chi connectivity index (χ1n) is 28.2. The van der Waals surface area contributed by atoms with Crippen LogP contribution in [0.15, 0.2) is 315 Å². The Hall–Kier alpha value is -10.6. The molecule has 1 heterocycles. The van der Waals surface area contributed by atoms with Gasteiger partial charge in [-0.2, -0.15) is 0 Å². The predicted octanol–water partition coefficient (Wildman–Crippen LogP) is 18.9. The summed E-state index contributed by atoms with van der Waals surface area (Å²) in [5.41, 5.74) is 24.7. The summed E-state index contributed by atoms with van der Waals surface area (Å²) in [6.45, 7) is 0. The third-order valence-electron chi connectivity index (χ3n) is 17.2. The number of nitrogens with zero attached hydrogens (tertiary/aromatic N) is 1. The Kier molecular flexibility index (Phi) is 11.8. The van der Waals surface area contributed by atoms with Crippen molar-refractivity contribution < 1.29 is 0 Å². The molecule has 0 bridgehead atoms. The molecule has 0 radical (unpaired) electrons. The van der Waals surface area contributed by atoms with Crippen LogP contribution in [-0.2, 0) is 10.8 Å². The summed E-state index contributed by atoms with van der Waals surface area (Å²) < 4.78 is 0. The second-order valence-corrected chi connectivity index (χ2v) is 21.5. The van der Waals surface area contributed by atoms with Crippen LogP contribution < -0.4 is 10.2 Å². The molecule has 3 heteroatoms. The van der Waals surface area contributed by atoms with E-state index in [2.05, 4.69) is 295 Å². The molecule has 0 spiro atoms. The molecule has 0 fully saturated rings. The number of fused-ring (bicyclic) bond motifs is 7. The highest BCUT2D eigenvalue weighted by Crippen LogP contribution is 2.60. The first kappa shape index (κ1) is 48.5. The van der Waals surface area contributed by atoms with E-state index in [9.17, 15) is 5.41 Å². The van der Waals surface area contributed by atoms with Crippen molar-refractivity contribution in [2.45, 2.75) is 10.8 Å². The molecule has 0 aromatic heterocycles. The maximum absolute atomic E-state index is 10.0. The zero-order valence-electron chi connectivity index (χ0n) is 45.0. The van der Waals surface area contributed by atoms with Crippen molar-refractivity contribution in [1.29, 1.82) is 5.41 Å². The minimum atomic E-state index is -0.614. The average Bonchev–Trinajstić information content (AvgIpc) is 2.21. The van der Waals surface area contributed by atoms with Crippen LogP contribution in [0.25, 0.3) is 45.3 Å². The van der Waals surface area contributed by atoms with E-state index >= 15 is 0 Å². The van der Waals surface area contributed by atoms with Crippen LogP contribution in [0.5, 0.6) is 0 Å². The van der Waals surface area contributed by atoms with Crippen LogP contribution in [0, 0.1) is 5.41 Å². The molecule has 12 aromatic rings. The molecule has 12 aromatic carbocycles. The second kappa shape index (κ2) is 19.9. The molecule has 0 saturated heterocycles. The molecule has 0 atom stereocenters. The lowest BCUT2D eigenvalue weighted by atomic mass is 9.67. The topological polar surface area (TPSA) is 39.1 Å². The Morgan fingerprint density at radius 3 is 1.12 bits per heavy atom. The highest BCUT2D eigenvalue weighted by molar-refractivity contribution is 6.36. The Balaban J connectivity index is 1.02. The van der Waals surface area contributed by atoms with Gasteiger partial charge in [0, 0.05) is 39.5 Å². The van der Waals surface area contributed by atoms with Gasteiger partial charge in [0.05, 0.1) is 22.2 Å². The fraction of sp³-hybridized carbons (Fsp3) is 0.0253. The number of anilines is 3. The lowest BCUT2D eigenvalue weighted by Gasteiger charge is -2.36. The first-order valence-corrected chi connectivity index (χ1v) is 28.2. The average molecular weight is 1050 g/mol. The van der Waals surface area contributed by atoms with Gasteiger partial charge in [0.15, 0.2) is 0 Å². The van der Waals surface area contributed by atoms with Crippen molar-refractivity contribution in [1.82, 2.24) is 5.32 Å². The molecule has 82 heavy (non-hydrogen) atoms. The van der Waals surface area contributed by atoms with Gasteiger partial charge in [-0.15, -0.1) is 0 Å². The summed E-state index contributed by atoms with van der Waals surface area (Å²) in [7, 11) is 0. The van der Waals surface area contributed by atoms with Gasteiger partial charge in [-0.1, -0.05) is 279 Å². The minimum absolute atomic E-state index is 0.444. The molecule has 0 saturated carbocycles. The van der Waals surface area contributed by atoms with Crippen molar-refractivity contribution in [3.63, 3.8) is 0 Å². The number of hydrogen-bond acceptors (Lipinski definition) is 3. The maximum Gasteiger partial charge on any atom is 0.0714 e. The van der Waals surface area contributed by atoms with Crippen LogP contribution >= 0.6 is 0 Å². The Labute approximate surface area is 479 Å². The van der Waals surface area contributed by atoms with E-state index in [1.807, 2.05) is 36.4 Å². The summed E-state index contributed by atoms with van der Waals surface area (Å²) in [6, 6.07) is 115. The minimum Gasteiger partial charge on any atom is -0.354 e. The molecule has 0 unspecified atom stereocenters. The van der Waals surface area contributed by atoms with Crippen molar-refractivity contribution in [3.05, 3.63) is 388 Å². The van der Waals surface area contributed by atoms with Crippen LogP contribution in [0.1, 0.15) is 72.3 Å². The van der Waals surface area contributed by atoms with E-state index in [-0.39, 0.29) is 0 Å². The lowest BCUT2D eigenvalue weighted by Crippen LogP contribution is -2.29. The molecular formula is C79H55N3. The van der Waals surface area contributed by atoms with Gasteiger partial charge in [-0.3, -0.25) is 5.41 Å². The smallest absolute Gasteiger partial charge is 0.0714 e. The Bertz CT molecular complexity index is 4190. The summed E-state index contributed by atoms with van der Waals surface area (Å²) in [5, 5.41) is 13.9. The van der Waals surface area contributed by atoms with E-state index in [0.717, 1.165) is 61.8 Å². The van der Waals surface area contributed by atoms with Crippen LogP contribution in [0.4, 0.5) is 17.1 Å². The zero-order chi connectivity index (χ0) is 54.6. The number of rotatable bonds is 11. The lowest BCUT2D eigenvalue weighted by molar-refractivity contribution is 0.767. The van der Waals surface area contributed by atoms with Crippen LogP contribution in [0.3, 0.4) is 0 Å². The fourth-order valence-electron chi connectivity index (χ4n) is 13.8. The maximum atomic E-state index is 10.0. The largest absolute Gasteiger partial charge is 0.354 e. The summed E-state index contributed by atoms with van der Waals surface area (Å²) in [6.07, 6.45) is 2.29. The molecule has 386 valence electrons. The van der Waals surface area contributed by atoms with E-state index in [1.54, 1.807) is 0 Å². The van der Waals surface area contributed by atoms with Crippen molar-refractivity contribution >= 4 is 45.8 Å². The molecule has 15 rings (SSSR count). The quantitative estimate of drug-likeness (QED) is 0.127. The zero-order valence-corrected chi connectivity index (χ0v) is 45.0. The molecule has 2 aliphatic carbocycles. The van der Waals surface area contributed by atoms with Gasteiger partial charge in [0.25, 0.3) is 0 Å². The fourth-order valence-corrected chi connectivity index (χ4v) is 13.8. The van der Waals surface area contributed by atoms with E-state index in [4.69, 9.17) is 0 Å². The molecular weight excluding hydrogens is 991 g/mol. The number of benzene rings is 12. The van der Waals surface area contributed by atoms with Gasteiger partial charge in [0.2, 0.25) is 0 Å². The predicted molar refractivity (Wildman–Crippen MR) is 340 cm³/mol. The summed E-state index contributed by atoms with van der Waals surface area (Å²) in [4.78, 5) is 2.49. The van der Waals surface area contributed by atoms with Gasteiger partial charge >= 0.3 is 0 Å². The number of hydrogen-bond donors (Lipinski definition) is 2. The van der Waals surface area contributed by atoms with E-state index < -0.39 is 10.8 Å². The molecule has 3 aliphatic rings. The number of nitrogens with one attached hydrogen (secondary N) is 2. The Morgan fingerprint density at radius 2 is 0.671 bits per heavy atom. The Morgan fingerprint density at radius 1 is 0.317 bits per heavy atom. The van der Waals surface area contributed by atoms with E-state index in [1.165, 1.54) is 66.8 Å². The first-order chi connectivity index (χ1) is 40.6. The summed E-state index contributed by atoms with van der Waals surface area (Å²) in [5.74, 6) is 0. The number of allylic oxidation sites excluding steroid dienone is 1. The normalized spacial score (nSPS) is 14.4. The van der Waals surface area contributed by atoms with Crippen LogP contribution in [-0.4, -0.2) is 5.71 Å². The third-order valence-corrected chi connectivity index (χ3v) is 17.2. The van der Waals surface area contributed by atoms with E-state index in [0.29, 0.717) is 5.71 Å². The van der Waals surface area contributed by atoms with Crippen molar-refractivity contribution in [2.75, 3.05) is 4.90 Å². The molecule has 0 amide bonds.